The second kappa shape index (κ2) is 6.00. The molecule has 1 aliphatic carbocycles. The van der Waals surface area contributed by atoms with E-state index in [-0.39, 0.29) is 6.04 Å². The van der Waals surface area contributed by atoms with Crippen LogP contribution in [-0.4, -0.2) is 7.05 Å². The highest BCUT2D eigenvalue weighted by Gasteiger charge is 2.28. The lowest BCUT2D eigenvalue weighted by Gasteiger charge is -2.33. The first-order valence-electron chi connectivity index (χ1n) is 7.15. The number of benzene rings is 1. The highest BCUT2D eigenvalue weighted by molar-refractivity contribution is 5.28. The van der Waals surface area contributed by atoms with Crippen LogP contribution in [0.1, 0.15) is 49.8 Å². The molecular formula is C16H23F2N. The Bertz CT molecular complexity index is 445. The zero-order valence-corrected chi connectivity index (χ0v) is 12.0. The van der Waals surface area contributed by atoms with Crippen LogP contribution in [0.3, 0.4) is 0 Å². The van der Waals surface area contributed by atoms with Gasteiger partial charge in [0, 0.05) is 17.7 Å². The standard InChI is InChI=1S/C16H23F2N/c1-10-5-4-6-12(7-10)16(19-3)13-8-11(2)14(17)9-15(13)18/h8-10,12,16,19H,4-7H2,1-3H3. The minimum Gasteiger partial charge on any atom is -0.313 e. The average Bonchev–Trinajstić information content (AvgIpc) is 2.36. The van der Waals surface area contributed by atoms with Crippen molar-refractivity contribution >= 4 is 0 Å². The fourth-order valence-corrected chi connectivity index (χ4v) is 3.35. The summed E-state index contributed by atoms with van der Waals surface area (Å²) in [6, 6.07) is 2.66. The molecule has 3 heteroatoms. The largest absolute Gasteiger partial charge is 0.313 e. The SMILES string of the molecule is CNC(c1cc(C)c(F)cc1F)C1CCCC(C)C1. The molecular weight excluding hydrogens is 244 g/mol. The van der Waals surface area contributed by atoms with Crippen LogP contribution in [-0.2, 0) is 0 Å². The Kier molecular flexibility index (Phi) is 4.56. The second-order valence-corrected chi connectivity index (χ2v) is 5.92. The van der Waals surface area contributed by atoms with E-state index in [0.717, 1.165) is 18.9 Å². The Morgan fingerprint density at radius 3 is 2.58 bits per heavy atom. The fraction of sp³-hybridized carbons (Fsp3) is 0.625. The first-order chi connectivity index (χ1) is 9.02. The second-order valence-electron chi connectivity index (χ2n) is 5.92. The molecule has 1 aliphatic rings. The van der Waals surface area contributed by atoms with Crippen LogP contribution in [0.15, 0.2) is 12.1 Å². The average molecular weight is 267 g/mol. The predicted octanol–water partition coefficient (Wildman–Crippen LogP) is 4.36. The molecule has 0 bridgehead atoms. The van der Waals surface area contributed by atoms with Gasteiger partial charge in [0.25, 0.3) is 0 Å². The van der Waals surface area contributed by atoms with Crippen LogP contribution in [0, 0.1) is 30.4 Å². The maximum Gasteiger partial charge on any atom is 0.130 e. The van der Waals surface area contributed by atoms with E-state index < -0.39 is 11.6 Å². The number of aryl methyl sites for hydroxylation is 1. The lowest BCUT2D eigenvalue weighted by Crippen LogP contribution is -2.29. The monoisotopic (exact) mass is 267 g/mol. The summed E-state index contributed by atoms with van der Waals surface area (Å²) >= 11 is 0. The van der Waals surface area contributed by atoms with Crippen LogP contribution < -0.4 is 5.32 Å². The summed E-state index contributed by atoms with van der Waals surface area (Å²) < 4.78 is 27.4. The molecule has 0 amide bonds. The molecule has 3 atom stereocenters. The van der Waals surface area contributed by atoms with Gasteiger partial charge >= 0.3 is 0 Å². The smallest absolute Gasteiger partial charge is 0.130 e. The molecule has 1 aromatic carbocycles. The van der Waals surface area contributed by atoms with Crippen LogP contribution in [0.5, 0.6) is 0 Å². The van der Waals surface area contributed by atoms with Gasteiger partial charge in [0.15, 0.2) is 0 Å². The first-order valence-corrected chi connectivity index (χ1v) is 7.15. The van der Waals surface area contributed by atoms with Crippen molar-refractivity contribution in [2.75, 3.05) is 7.05 Å². The van der Waals surface area contributed by atoms with Crippen molar-refractivity contribution in [3.63, 3.8) is 0 Å². The Hall–Kier alpha value is -0.960. The molecule has 1 N–H and O–H groups in total. The molecule has 0 aliphatic heterocycles. The molecule has 0 heterocycles. The van der Waals surface area contributed by atoms with Crippen LogP contribution in [0.2, 0.25) is 0 Å². The Morgan fingerprint density at radius 1 is 1.21 bits per heavy atom. The third-order valence-electron chi connectivity index (χ3n) is 4.37. The van der Waals surface area contributed by atoms with E-state index in [1.807, 2.05) is 7.05 Å². The molecule has 19 heavy (non-hydrogen) atoms. The van der Waals surface area contributed by atoms with Crippen molar-refractivity contribution in [3.8, 4) is 0 Å². The maximum absolute atomic E-state index is 14.0. The number of hydrogen-bond donors (Lipinski definition) is 1. The van der Waals surface area contributed by atoms with Crippen molar-refractivity contribution in [2.24, 2.45) is 11.8 Å². The lowest BCUT2D eigenvalue weighted by atomic mass is 9.76. The molecule has 106 valence electrons. The van der Waals surface area contributed by atoms with Crippen LogP contribution >= 0.6 is 0 Å². The molecule has 1 fully saturated rings. The van der Waals surface area contributed by atoms with Gasteiger partial charge in [-0.3, -0.25) is 0 Å². The minimum atomic E-state index is -0.465. The molecule has 1 nitrogen and oxygen atoms in total. The summed E-state index contributed by atoms with van der Waals surface area (Å²) in [6.45, 7) is 3.94. The molecule has 0 spiro atoms. The third kappa shape index (κ3) is 3.14. The van der Waals surface area contributed by atoms with E-state index in [1.54, 1.807) is 13.0 Å². The summed E-state index contributed by atoms with van der Waals surface area (Å²) in [6.07, 6.45) is 4.69. The molecule has 2 rings (SSSR count). The van der Waals surface area contributed by atoms with Gasteiger partial charge in [0.2, 0.25) is 0 Å². The van der Waals surface area contributed by atoms with Gasteiger partial charge in [-0.1, -0.05) is 19.8 Å². The Labute approximate surface area is 114 Å². The highest BCUT2D eigenvalue weighted by Crippen LogP contribution is 2.38. The minimum absolute atomic E-state index is 0.0120. The van der Waals surface area contributed by atoms with Gasteiger partial charge in [-0.2, -0.15) is 0 Å². The van der Waals surface area contributed by atoms with E-state index >= 15 is 0 Å². The summed E-state index contributed by atoms with van der Waals surface area (Å²) in [5, 5.41) is 3.23. The quantitative estimate of drug-likeness (QED) is 0.858. The number of nitrogens with one attached hydrogen (secondary N) is 1. The van der Waals surface area contributed by atoms with E-state index in [4.69, 9.17) is 0 Å². The van der Waals surface area contributed by atoms with E-state index in [1.165, 1.54) is 12.8 Å². The number of halogens is 2. The van der Waals surface area contributed by atoms with E-state index in [0.29, 0.717) is 23.0 Å². The molecule has 3 unspecified atom stereocenters. The maximum atomic E-state index is 14.0. The van der Waals surface area contributed by atoms with Crippen molar-refractivity contribution in [2.45, 2.75) is 45.6 Å². The predicted molar refractivity (Wildman–Crippen MR) is 74.0 cm³/mol. The highest BCUT2D eigenvalue weighted by atomic mass is 19.1. The number of rotatable bonds is 3. The summed E-state index contributed by atoms with van der Waals surface area (Å²) in [5.41, 5.74) is 1.13. The molecule has 1 saturated carbocycles. The molecule has 0 aromatic heterocycles. The van der Waals surface area contributed by atoms with Gasteiger partial charge < -0.3 is 5.32 Å². The van der Waals surface area contributed by atoms with Crippen molar-refractivity contribution < 1.29 is 8.78 Å². The summed E-state index contributed by atoms with van der Waals surface area (Å²) in [7, 11) is 1.86. The summed E-state index contributed by atoms with van der Waals surface area (Å²) in [4.78, 5) is 0. The van der Waals surface area contributed by atoms with Crippen molar-refractivity contribution in [1.82, 2.24) is 5.32 Å². The van der Waals surface area contributed by atoms with E-state index in [2.05, 4.69) is 12.2 Å². The van der Waals surface area contributed by atoms with Gasteiger partial charge in [-0.25, -0.2) is 8.78 Å². The van der Waals surface area contributed by atoms with Crippen LogP contribution in [0.25, 0.3) is 0 Å². The van der Waals surface area contributed by atoms with E-state index in [9.17, 15) is 8.78 Å². The van der Waals surface area contributed by atoms with Gasteiger partial charge in [-0.15, -0.1) is 0 Å². The normalized spacial score (nSPS) is 25.3. The zero-order chi connectivity index (χ0) is 14.0. The van der Waals surface area contributed by atoms with Crippen LogP contribution in [0.4, 0.5) is 8.78 Å². The number of hydrogen-bond acceptors (Lipinski definition) is 1. The molecule has 1 aromatic rings. The molecule has 0 saturated heterocycles. The summed E-state index contributed by atoms with van der Waals surface area (Å²) in [5.74, 6) is 0.237. The van der Waals surface area contributed by atoms with Gasteiger partial charge in [0.1, 0.15) is 11.6 Å². The van der Waals surface area contributed by atoms with Crippen molar-refractivity contribution in [3.05, 3.63) is 34.9 Å². The third-order valence-corrected chi connectivity index (χ3v) is 4.37. The van der Waals surface area contributed by atoms with Crippen molar-refractivity contribution in [1.29, 1.82) is 0 Å². The Morgan fingerprint density at radius 2 is 1.95 bits per heavy atom. The van der Waals surface area contributed by atoms with Gasteiger partial charge in [0.05, 0.1) is 0 Å². The fourth-order valence-electron chi connectivity index (χ4n) is 3.35. The lowest BCUT2D eigenvalue weighted by molar-refractivity contribution is 0.227. The topological polar surface area (TPSA) is 12.0 Å². The molecule has 0 radical (unpaired) electrons. The Balaban J connectivity index is 2.28. The zero-order valence-electron chi connectivity index (χ0n) is 12.0. The first kappa shape index (κ1) is 14.4. The van der Waals surface area contributed by atoms with Gasteiger partial charge in [-0.05, 0) is 50.3 Å².